The van der Waals surface area contributed by atoms with Gasteiger partial charge in [-0.25, -0.2) is 8.42 Å². The molecule has 102 valence electrons. The van der Waals surface area contributed by atoms with Crippen molar-refractivity contribution in [2.24, 2.45) is 5.73 Å². The molecule has 0 radical (unpaired) electrons. The zero-order valence-corrected chi connectivity index (χ0v) is 12.8. The molecule has 7 heteroatoms. The standard InChI is InChI=1S/C11H16Cl2N2O2S/c1-7(2)15(3)18(16,17)10-5-4-9(12)8(6-14)11(10)13/h4-5,7H,6,14H2,1-3H3. The smallest absolute Gasteiger partial charge is 0.244 e. The van der Waals surface area contributed by atoms with Gasteiger partial charge in [0.05, 0.1) is 5.02 Å². The highest BCUT2D eigenvalue weighted by Gasteiger charge is 2.27. The molecule has 0 amide bonds. The van der Waals surface area contributed by atoms with E-state index in [2.05, 4.69) is 0 Å². The molecule has 0 atom stereocenters. The first-order valence-corrected chi connectivity index (χ1v) is 7.58. The predicted octanol–water partition coefficient (Wildman–Crippen LogP) is 2.48. The van der Waals surface area contributed by atoms with Gasteiger partial charge in [-0.3, -0.25) is 0 Å². The monoisotopic (exact) mass is 310 g/mol. The van der Waals surface area contributed by atoms with Crippen LogP contribution in [0.15, 0.2) is 17.0 Å². The Hall–Kier alpha value is -0.330. The summed E-state index contributed by atoms with van der Waals surface area (Å²) in [5.41, 5.74) is 5.96. The van der Waals surface area contributed by atoms with E-state index in [9.17, 15) is 8.42 Å². The van der Waals surface area contributed by atoms with E-state index in [4.69, 9.17) is 28.9 Å². The first-order valence-electron chi connectivity index (χ1n) is 5.38. The van der Waals surface area contributed by atoms with Crippen molar-refractivity contribution in [1.82, 2.24) is 4.31 Å². The number of sulfonamides is 1. The second kappa shape index (κ2) is 5.75. The normalized spacial score (nSPS) is 12.4. The van der Waals surface area contributed by atoms with Crippen LogP contribution < -0.4 is 5.73 Å². The van der Waals surface area contributed by atoms with Crippen LogP contribution in [0.1, 0.15) is 19.4 Å². The lowest BCUT2D eigenvalue weighted by atomic mass is 10.2. The highest BCUT2D eigenvalue weighted by molar-refractivity contribution is 7.89. The number of hydrogen-bond donors (Lipinski definition) is 1. The molecule has 0 aliphatic heterocycles. The second-order valence-electron chi connectivity index (χ2n) is 4.16. The number of rotatable bonds is 4. The fraction of sp³-hybridized carbons (Fsp3) is 0.455. The summed E-state index contributed by atoms with van der Waals surface area (Å²) in [5, 5.41) is 0.464. The molecular weight excluding hydrogens is 295 g/mol. The summed E-state index contributed by atoms with van der Waals surface area (Å²) < 4.78 is 25.9. The Morgan fingerprint density at radius 2 is 1.89 bits per heavy atom. The number of nitrogens with zero attached hydrogens (tertiary/aromatic N) is 1. The van der Waals surface area contributed by atoms with E-state index in [0.717, 1.165) is 0 Å². The van der Waals surface area contributed by atoms with E-state index in [1.54, 1.807) is 13.8 Å². The van der Waals surface area contributed by atoms with Crippen LogP contribution in [-0.2, 0) is 16.6 Å². The number of nitrogens with two attached hydrogens (primary N) is 1. The number of benzene rings is 1. The van der Waals surface area contributed by atoms with Crippen molar-refractivity contribution in [3.05, 3.63) is 27.7 Å². The van der Waals surface area contributed by atoms with Crippen LogP contribution in [0.5, 0.6) is 0 Å². The van der Waals surface area contributed by atoms with Crippen LogP contribution in [0.25, 0.3) is 0 Å². The summed E-state index contributed by atoms with van der Waals surface area (Å²) in [4.78, 5) is 0.0326. The Balaban J connectivity index is 3.44. The minimum atomic E-state index is -3.63. The maximum absolute atomic E-state index is 12.3. The van der Waals surface area contributed by atoms with E-state index in [1.165, 1.54) is 23.5 Å². The molecule has 0 heterocycles. The molecule has 0 saturated carbocycles. The third-order valence-electron chi connectivity index (χ3n) is 2.74. The lowest BCUT2D eigenvalue weighted by Crippen LogP contribution is -2.33. The largest absolute Gasteiger partial charge is 0.326 e. The van der Waals surface area contributed by atoms with E-state index < -0.39 is 10.0 Å². The van der Waals surface area contributed by atoms with Gasteiger partial charge in [-0.1, -0.05) is 23.2 Å². The van der Waals surface area contributed by atoms with E-state index in [0.29, 0.717) is 10.6 Å². The van der Waals surface area contributed by atoms with E-state index in [-0.39, 0.29) is 22.5 Å². The minimum absolute atomic E-state index is 0.0326. The molecule has 2 N–H and O–H groups in total. The first-order chi connectivity index (χ1) is 8.23. The maximum Gasteiger partial charge on any atom is 0.244 e. The summed E-state index contributed by atoms with van der Waals surface area (Å²) in [6, 6.07) is 2.73. The van der Waals surface area contributed by atoms with Gasteiger partial charge in [-0.2, -0.15) is 4.31 Å². The first kappa shape index (κ1) is 15.7. The van der Waals surface area contributed by atoms with Crippen LogP contribution >= 0.6 is 23.2 Å². The highest BCUT2D eigenvalue weighted by atomic mass is 35.5. The fourth-order valence-corrected chi connectivity index (χ4v) is 3.67. The van der Waals surface area contributed by atoms with Gasteiger partial charge in [0.15, 0.2) is 0 Å². The molecule has 0 aliphatic carbocycles. The van der Waals surface area contributed by atoms with Gasteiger partial charge in [0.2, 0.25) is 10.0 Å². The molecule has 0 bridgehead atoms. The topological polar surface area (TPSA) is 63.4 Å². The van der Waals surface area contributed by atoms with Crippen molar-refractivity contribution in [1.29, 1.82) is 0 Å². The van der Waals surface area contributed by atoms with Gasteiger partial charge in [-0.05, 0) is 26.0 Å². The quantitative estimate of drug-likeness (QED) is 0.929. The fourth-order valence-electron chi connectivity index (χ4n) is 1.40. The molecule has 0 saturated heterocycles. The van der Waals surface area contributed by atoms with Crippen molar-refractivity contribution in [2.75, 3.05) is 7.05 Å². The summed E-state index contributed by atoms with van der Waals surface area (Å²) in [5.74, 6) is 0. The molecule has 1 aromatic rings. The highest BCUT2D eigenvalue weighted by Crippen LogP contribution is 2.32. The number of halogens is 2. The molecule has 18 heavy (non-hydrogen) atoms. The molecule has 0 aliphatic rings. The molecule has 0 aromatic heterocycles. The van der Waals surface area contributed by atoms with Crippen molar-refractivity contribution in [3.63, 3.8) is 0 Å². The van der Waals surface area contributed by atoms with Crippen molar-refractivity contribution in [2.45, 2.75) is 31.3 Å². The minimum Gasteiger partial charge on any atom is -0.326 e. The average Bonchev–Trinajstić information content (AvgIpc) is 2.28. The van der Waals surface area contributed by atoms with Crippen molar-refractivity contribution in [3.8, 4) is 0 Å². The van der Waals surface area contributed by atoms with Gasteiger partial charge >= 0.3 is 0 Å². The summed E-state index contributed by atoms with van der Waals surface area (Å²) >= 11 is 12.0. The molecule has 4 nitrogen and oxygen atoms in total. The van der Waals surface area contributed by atoms with Crippen molar-refractivity contribution >= 4 is 33.2 Å². The Morgan fingerprint density at radius 1 is 1.33 bits per heavy atom. The van der Waals surface area contributed by atoms with Crippen LogP contribution in [0, 0.1) is 0 Å². The maximum atomic E-state index is 12.3. The van der Waals surface area contributed by atoms with Gasteiger partial charge in [-0.15, -0.1) is 0 Å². The molecule has 0 unspecified atom stereocenters. The summed E-state index contributed by atoms with van der Waals surface area (Å²) in [6.45, 7) is 3.66. The molecular formula is C11H16Cl2N2O2S. The Labute approximate surface area is 118 Å². The SMILES string of the molecule is CC(C)N(C)S(=O)(=O)c1ccc(Cl)c(CN)c1Cl. The summed E-state index contributed by atoms with van der Waals surface area (Å²) in [6.07, 6.45) is 0. The number of hydrogen-bond acceptors (Lipinski definition) is 3. The lowest BCUT2D eigenvalue weighted by Gasteiger charge is -2.22. The molecule has 1 aromatic carbocycles. The Morgan fingerprint density at radius 3 is 2.33 bits per heavy atom. The van der Waals surface area contributed by atoms with E-state index >= 15 is 0 Å². The third kappa shape index (κ3) is 2.81. The van der Waals surface area contributed by atoms with Crippen LogP contribution in [0.2, 0.25) is 10.0 Å². The molecule has 0 fully saturated rings. The van der Waals surface area contributed by atoms with Gasteiger partial charge < -0.3 is 5.73 Å². The van der Waals surface area contributed by atoms with Gasteiger partial charge in [0, 0.05) is 30.2 Å². The third-order valence-corrected chi connectivity index (χ3v) is 5.71. The van der Waals surface area contributed by atoms with Gasteiger partial charge in [0.1, 0.15) is 4.90 Å². The zero-order valence-electron chi connectivity index (χ0n) is 10.4. The van der Waals surface area contributed by atoms with Gasteiger partial charge in [0.25, 0.3) is 0 Å². The second-order valence-corrected chi connectivity index (χ2v) is 6.91. The van der Waals surface area contributed by atoms with Crippen LogP contribution in [0.3, 0.4) is 0 Å². The lowest BCUT2D eigenvalue weighted by molar-refractivity contribution is 0.410. The van der Waals surface area contributed by atoms with Crippen LogP contribution in [-0.4, -0.2) is 25.8 Å². The zero-order chi connectivity index (χ0) is 14.1. The Bertz CT molecular complexity index is 544. The molecule has 0 spiro atoms. The Kier molecular flexibility index (Phi) is 5.03. The molecule has 1 rings (SSSR count). The van der Waals surface area contributed by atoms with Crippen molar-refractivity contribution < 1.29 is 8.42 Å². The van der Waals surface area contributed by atoms with E-state index in [1.807, 2.05) is 0 Å². The summed E-state index contributed by atoms with van der Waals surface area (Å²) in [7, 11) is -2.12. The predicted molar refractivity (Wildman–Crippen MR) is 74.4 cm³/mol. The average molecular weight is 311 g/mol. The van der Waals surface area contributed by atoms with Crippen LogP contribution in [0.4, 0.5) is 0 Å².